The van der Waals surface area contributed by atoms with E-state index >= 15 is 0 Å². The highest BCUT2D eigenvalue weighted by atomic mass is 16.3. The number of amides is 1. The monoisotopic (exact) mass is 224 g/mol. The van der Waals surface area contributed by atoms with Crippen molar-refractivity contribution in [2.24, 2.45) is 11.3 Å². The largest absolute Gasteiger partial charge is 0.396 e. The molecular formula is C12H20N2O2. The molecule has 0 aromatic rings. The first-order chi connectivity index (χ1) is 7.57. The maximum atomic E-state index is 11.9. The Morgan fingerprint density at radius 1 is 1.62 bits per heavy atom. The first kappa shape index (κ1) is 13.0. The predicted molar refractivity (Wildman–Crippen MR) is 60.4 cm³/mol. The lowest BCUT2D eigenvalue weighted by molar-refractivity contribution is -0.128. The lowest BCUT2D eigenvalue weighted by Crippen LogP contribution is -2.45. The van der Waals surface area contributed by atoms with Gasteiger partial charge in [-0.25, -0.2) is 0 Å². The highest BCUT2D eigenvalue weighted by Gasteiger charge is 2.35. The third-order valence-electron chi connectivity index (χ3n) is 3.67. The molecular weight excluding hydrogens is 204 g/mol. The van der Waals surface area contributed by atoms with E-state index in [1.807, 2.05) is 6.92 Å². The Morgan fingerprint density at radius 3 is 2.81 bits per heavy atom. The first-order valence-corrected chi connectivity index (χ1v) is 5.90. The summed E-state index contributed by atoms with van der Waals surface area (Å²) in [7, 11) is 0. The Morgan fingerprint density at radius 2 is 2.31 bits per heavy atom. The van der Waals surface area contributed by atoms with Gasteiger partial charge in [0.05, 0.1) is 6.07 Å². The Labute approximate surface area is 96.6 Å². The van der Waals surface area contributed by atoms with E-state index in [9.17, 15) is 4.79 Å². The number of carbonyl (C=O) groups is 1. The van der Waals surface area contributed by atoms with Crippen LogP contribution in [0.25, 0.3) is 0 Å². The summed E-state index contributed by atoms with van der Waals surface area (Å²) < 4.78 is 0. The van der Waals surface area contributed by atoms with Crippen molar-refractivity contribution in [3.05, 3.63) is 0 Å². The number of nitriles is 1. The molecule has 4 nitrogen and oxygen atoms in total. The molecule has 1 rings (SSSR count). The molecule has 0 bridgehead atoms. The summed E-state index contributed by atoms with van der Waals surface area (Å²) in [6, 6.07) is 2.10. The van der Waals surface area contributed by atoms with Crippen molar-refractivity contribution < 1.29 is 9.90 Å². The number of aliphatic hydroxyl groups is 1. The molecule has 4 heteroatoms. The second kappa shape index (κ2) is 5.31. The van der Waals surface area contributed by atoms with Crippen molar-refractivity contribution in [2.45, 2.75) is 45.6 Å². The summed E-state index contributed by atoms with van der Waals surface area (Å²) in [6.07, 6.45) is 3.40. The van der Waals surface area contributed by atoms with E-state index in [1.165, 1.54) is 0 Å². The highest BCUT2D eigenvalue weighted by molar-refractivity contribution is 5.85. The van der Waals surface area contributed by atoms with Gasteiger partial charge >= 0.3 is 0 Å². The number of nitrogens with one attached hydrogen (secondary N) is 1. The molecule has 2 N–H and O–H groups in total. The van der Waals surface area contributed by atoms with Gasteiger partial charge in [0, 0.05) is 18.6 Å². The molecule has 1 aliphatic carbocycles. The second-order valence-corrected chi connectivity index (χ2v) is 4.75. The van der Waals surface area contributed by atoms with Gasteiger partial charge < -0.3 is 10.4 Å². The molecule has 3 unspecified atom stereocenters. The summed E-state index contributed by atoms with van der Waals surface area (Å²) in [5, 5.41) is 21.0. The Hall–Kier alpha value is -1.08. The van der Waals surface area contributed by atoms with Gasteiger partial charge in [0.1, 0.15) is 5.41 Å². The zero-order valence-electron chi connectivity index (χ0n) is 9.99. The number of rotatable bonds is 4. The predicted octanol–water partition coefficient (Wildman–Crippen LogP) is 1.20. The maximum absolute atomic E-state index is 11.9. The smallest absolute Gasteiger partial charge is 0.240 e. The first-order valence-electron chi connectivity index (χ1n) is 5.90. The van der Waals surface area contributed by atoms with Gasteiger partial charge in [-0.3, -0.25) is 4.79 Å². The third kappa shape index (κ3) is 2.53. The summed E-state index contributed by atoms with van der Waals surface area (Å²) >= 11 is 0. The zero-order valence-corrected chi connectivity index (χ0v) is 9.99. The van der Waals surface area contributed by atoms with Crippen LogP contribution in [0.15, 0.2) is 0 Å². The van der Waals surface area contributed by atoms with Crippen molar-refractivity contribution in [2.75, 3.05) is 6.61 Å². The molecule has 0 heterocycles. The van der Waals surface area contributed by atoms with Crippen LogP contribution >= 0.6 is 0 Å². The van der Waals surface area contributed by atoms with Crippen LogP contribution < -0.4 is 5.32 Å². The maximum Gasteiger partial charge on any atom is 0.240 e. The van der Waals surface area contributed by atoms with Crippen LogP contribution in [0, 0.1) is 22.7 Å². The summed E-state index contributed by atoms with van der Waals surface area (Å²) in [6.45, 7) is 3.60. The van der Waals surface area contributed by atoms with Crippen LogP contribution in [0.1, 0.15) is 39.5 Å². The van der Waals surface area contributed by atoms with Crippen molar-refractivity contribution in [3.63, 3.8) is 0 Å². The molecule has 0 aromatic carbocycles. The fraction of sp³-hybridized carbons (Fsp3) is 0.833. The van der Waals surface area contributed by atoms with Crippen LogP contribution in [-0.2, 0) is 4.79 Å². The van der Waals surface area contributed by atoms with Crippen molar-refractivity contribution in [1.29, 1.82) is 5.26 Å². The van der Waals surface area contributed by atoms with E-state index < -0.39 is 5.41 Å². The molecule has 1 fully saturated rings. The molecule has 3 atom stereocenters. The van der Waals surface area contributed by atoms with E-state index in [2.05, 4.69) is 11.4 Å². The van der Waals surface area contributed by atoms with Crippen molar-refractivity contribution in [1.82, 2.24) is 5.32 Å². The molecule has 16 heavy (non-hydrogen) atoms. The van der Waals surface area contributed by atoms with Crippen molar-refractivity contribution in [3.8, 4) is 6.07 Å². The Kier molecular flexibility index (Phi) is 4.31. The van der Waals surface area contributed by atoms with Crippen LogP contribution in [0.4, 0.5) is 0 Å². The summed E-state index contributed by atoms with van der Waals surface area (Å²) in [5.41, 5.74) is -0.942. The molecule has 1 amide bonds. The number of hydrogen-bond acceptors (Lipinski definition) is 3. The van der Waals surface area contributed by atoms with Crippen LogP contribution in [0.3, 0.4) is 0 Å². The van der Waals surface area contributed by atoms with Gasteiger partial charge in [-0.05, 0) is 26.2 Å². The minimum Gasteiger partial charge on any atom is -0.396 e. The Bertz CT molecular complexity index is 298. The number of hydrogen-bond donors (Lipinski definition) is 2. The normalized spacial score (nSPS) is 28.1. The van der Waals surface area contributed by atoms with E-state index in [-0.39, 0.29) is 24.5 Å². The minimum absolute atomic E-state index is 0.0386. The van der Waals surface area contributed by atoms with Crippen LogP contribution in [0.2, 0.25) is 0 Å². The molecule has 90 valence electrons. The fourth-order valence-corrected chi connectivity index (χ4v) is 2.06. The van der Waals surface area contributed by atoms with Gasteiger partial charge in [0.15, 0.2) is 0 Å². The van der Waals surface area contributed by atoms with Gasteiger partial charge in [0.25, 0.3) is 0 Å². The fourth-order valence-electron chi connectivity index (χ4n) is 2.06. The molecule has 0 saturated heterocycles. The van der Waals surface area contributed by atoms with Crippen molar-refractivity contribution >= 4 is 5.91 Å². The molecule has 0 spiro atoms. The number of aliphatic hydroxyl groups excluding tert-OH is 1. The van der Waals surface area contributed by atoms with Gasteiger partial charge in [-0.2, -0.15) is 5.26 Å². The summed E-state index contributed by atoms with van der Waals surface area (Å²) in [5.74, 6) is -0.0494. The van der Waals surface area contributed by atoms with Crippen LogP contribution in [0.5, 0.6) is 0 Å². The lowest BCUT2D eigenvalue weighted by Gasteiger charge is -2.24. The molecule has 1 saturated carbocycles. The lowest BCUT2D eigenvalue weighted by atomic mass is 9.87. The molecule has 0 aliphatic heterocycles. The Balaban J connectivity index is 2.61. The van der Waals surface area contributed by atoms with E-state index in [4.69, 9.17) is 10.4 Å². The van der Waals surface area contributed by atoms with Crippen LogP contribution in [-0.4, -0.2) is 23.7 Å². The zero-order chi connectivity index (χ0) is 12.2. The minimum atomic E-state index is -0.942. The SMILES string of the molecule is CCC(C)(C#N)C(=O)NC1CCCC1CO. The van der Waals surface area contributed by atoms with E-state index in [1.54, 1.807) is 6.92 Å². The highest BCUT2D eigenvalue weighted by Crippen LogP contribution is 2.27. The average molecular weight is 224 g/mol. The molecule has 0 radical (unpaired) electrons. The standard InChI is InChI=1S/C12H20N2O2/c1-3-12(2,8-13)11(16)14-10-6-4-5-9(10)7-15/h9-10,15H,3-7H2,1-2H3,(H,14,16). The van der Waals surface area contributed by atoms with Gasteiger partial charge in [-0.1, -0.05) is 13.3 Å². The second-order valence-electron chi connectivity index (χ2n) is 4.75. The third-order valence-corrected chi connectivity index (χ3v) is 3.67. The van der Waals surface area contributed by atoms with Gasteiger partial charge in [0.2, 0.25) is 5.91 Å². The number of carbonyl (C=O) groups excluding carboxylic acids is 1. The van der Waals surface area contributed by atoms with Gasteiger partial charge in [-0.15, -0.1) is 0 Å². The molecule has 1 aliphatic rings. The quantitative estimate of drug-likeness (QED) is 0.753. The molecule has 0 aromatic heterocycles. The van der Waals surface area contributed by atoms with E-state index in [0.29, 0.717) is 6.42 Å². The summed E-state index contributed by atoms with van der Waals surface area (Å²) in [4.78, 5) is 11.9. The van der Waals surface area contributed by atoms with E-state index in [0.717, 1.165) is 19.3 Å². The average Bonchev–Trinajstić information content (AvgIpc) is 2.75. The number of nitrogens with zero attached hydrogens (tertiary/aromatic N) is 1. The topological polar surface area (TPSA) is 73.1 Å².